The molecule has 3 rings (SSSR count). The minimum Gasteiger partial charge on any atom is -0.406 e. The second-order valence-corrected chi connectivity index (χ2v) is 8.12. The molecule has 1 aliphatic heterocycles. The molecule has 0 unspecified atom stereocenters. The van der Waals surface area contributed by atoms with Crippen LogP contribution in [0, 0.1) is 5.82 Å². The Morgan fingerprint density at radius 1 is 1.07 bits per heavy atom. The monoisotopic (exact) mass is 448 g/mol. The van der Waals surface area contributed by atoms with E-state index < -0.39 is 39.4 Å². The number of anilines is 1. The van der Waals surface area contributed by atoms with E-state index >= 15 is 0 Å². The van der Waals surface area contributed by atoms with Gasteiger partial charge in [0.15, 0.2) is 0 Å². The van der Waals surface area contributed by atoms with Crippen LogP contribution < -0.4 is 10.1 Å². The molecule has 1 N–H and O–H groups in total. The summed E-state index contributed by atoms with van der Waals surface area (Å²) in [6, 6.07) is 7.03. The van der Waals surface area contributed by atoms with E-state index in [1.807, 2.05) is 0 Å². The van der Waals surface area contributed by atoms with Crippen molar-refractivity contribution in [2.45, 2.75) is 11.3 Å². The Kier molecular flexibility index (Phi) is 6.29. The summed E-state index contributed by atoms with van der Waals surface area (Å²) in [5, 5.41) is 2.30. The van der Waals surface area contributed by atoms with Crippen molar-refractivity contribution in [2.24, 2.45) is 0 Å². The Hall–Kier alpha value is -2.70. The molecular weight excluding hydrogens is 432 g/mol. The maximum atomic E-state index is 14.2. The van der Waals surface area contributed by atoms with Gasteiger partial charge in [-0.25, -0.2) is 12.8 Å². The highest BCUT2D eigenvalue weighted by atomic mass is 32.2. The molecule has 0 aliphatic carbocycles. The van der Waals surface area contributed by atoms with Crippen molar-refractivity contribution >= 4 is 21.6 Å². The maximum Gasteiger partial charge on any atom is 0.573 e. The fraction of sp³-hybridized carbons (Fsp3) is 0.278. The molecule has 1 amide bonds. The predicted octanol–water partition coefficient (Wildman–Crippen LogP) is 3.00. The number of alkyl halides is 3. The van der Waals surface area contributed by atoms with Crippen LogP contribution in [-0.4, -0.2) is 51.3 Å². The van der Waals surface area contributed by atoms with Gasteiger partial charge in [0, 0.05) is 18.8 Å². The largest absolute Gasteiger partial charge is 0.573 e. The van der Waals surface area contributed by atoms with Crippen LogP contribution in [-0.2, 0) is 14.8 Å². The summed E-state index contributed by atoms with van der Waals surface area (Å²) in [5.74, 6) is -2.41. The molecule has 2 aromatic carbocycles. The van der Waals surface area contributed by atoms with Gasteiger partial charge in [0.2, 0.25) is 10.0 Å². The van der Waals surface area contributed by atoms with Gasteiger partial charge in [0.25, 0.3) is 5.91 Å². The summed E-state index contributed by atoms with van der Waals surface area (Å²) in [6.07, 6.45) is -4.86. The molecule has 7 nitrogen and oxygen atoms in total. The van der Waals surface area contributed by atoms with E-state index in [2.05, 4.69) is 10.1 Å². The number of halogens is 4. The van der Waals surface area contributed by atoms with Gasteiger partial charge < -0.3 is 14.8 Å². The number of nitrogens with zero attached hydrogens (tertiary/aromatic N) is 1. The molecule has 0 aromatic heterocycles. The molecular formula is C18H16F4N2O5S. The van der Waals surface area contributed by atoms with Crippen molar-refractivity contribution in [2.75, 3.05) is 31.6 Å². The van der Waals surface area contributed by atoms with E-state index in [-0.39, 0.29) is 36.9 Å². The lowest BCUT2D eigenvalue weighted by molar-refractivity contribution is -0.274. The van der Waals surface area contributed by atoms with Crippen LogP contribution in [0.25, 0.3) is 0 Å². The quantitative estimate of drug-likeness (QED) is 0.711. The number of hydrogen-bond acceptors (Lipinski definition) is 5. The molecule has 1 fully saturated rings. The van der Waals surface area contributed by atoms with Crippen LogP contribution in [0.1, 0.15) is 10.4 Å². The molecule has 12 heteroatoms. The highest BCUT2D eigenvalue weighted by Gasteiger charge is 2.31. The first-order valence-corrected chi connectivity index (χ1v) is 10.0. The van der Waals surface area contributed by atoms with Crippen molar-refractivity contribution in [3.8, 4) is 5.75 Å². The average molecular weight is 448 g/mol. The summed E-state index contributed by atoms with van der Waals surface area (Å²) < 4.78 is 86.1. The number of rotatable bonds is 5. The van der Waals surface area contributed by atoms with Crippen molar-refractivity contribution in [1.82, 2.24) is 4.31 Å². The van der Waals surface area contributed by atoms with Gasteiger partial charge in [0.1, 0.15) is 11.6 Å². The Bertz CT molecular complexity index is 1020. The highest BCUT2D eigenvalue weighted by molar-refractivity contribution is 7.89. The second-order valence-electron chi connectivity index (χ2n) is 6.18. The van der Waals surface area contributed by atoms with Crippen molar-refractivity contribution in [1.29, 1.82) is 0 Å². The SMILES string of the molecule is O=C(Nc1ccc(OC(F)(F)F)cc1)c1cc(S(=O)(=O)N2CCOCC2)ccc1F. The third-order valence-corrected chi connectivity index (χ3v) is 6.03. The van der Waals surface area contributed by atoms with Crippen LogP contribution in [0.2, 0.25) is 0 Å². The Labute approximate surface area is 169 Å². The van der Waals surface area contributed by atoms with E-state index in [9.17, 15) is 30.8 Å². The summed E-state index contributed by atoms with van der Waals surface area (Å²) in [4.78, 5) is 12.2. The van der Waals surface area contributed by atoms with Crippen LogP contribution in [0.3, 0.4) is 0 Å². The van der Waals surface area contributed by atoms with Gasteiger partial charge in [-0.2, -0.15) is 4.31 Å². The Morgan fingerprint density at radius 2 is 1.70 bits per heavy atom. The van der Waals surface area contributed by atoms with Gasteiger partial charge >= 0.3 is 6.36 Å². The zero-order chi connectivity index (χ0) is 21.9. The molecule has 0 spiro atoms. The first kappa shape index (κ1) is 22.0. The number of ether oxygens (including phenoxy) is 2. The fourth-order valence-corrected chi connectivity index (χ4v) is 4.15. The van der Waals surface area contributed by atoms with Gasteiger partial charge in [-0.3, -0.25) is 4.79 Å². The summed E-state index contributed by atoms with van der Waals surface area (Å²) >= 11 is 0. The lowest BCUT2D eigenvalue weighted by atomic mass is 10.2. The Morgan fingerprint density at radius 3 is 2.30 bits per heavy atom. The maximum absolute atomic E-state index is 14.2. The number of sulfonamides is 1. The number of hydrogen-bond donors (Lipinski definition) is 1. The third-order valence-electron chi connectivity index (χ3n) is 4.14. The third kappa shape index (κ3) is 5.26. The molecule has 0 saturated carbocycles. The van der Waals surface area contributed by atoms with E-state index in [1.165, 1.54) is 4.31 Å². The summed E-state index contributed by atoms with van der Waals surface area (Å²) in [7, 11) is -3.95. The molecule has 1 saturated heterocycles. The van der Waals surface area contributed by atoms with E-state index in [4.69, 9.17) is 4.74 Å². The molecule has 1 heterocycles. The normalized spacial score (nSPS) is 15.6. The number of benzene rings is 2. The second kappa shape index (κ2) is 8.58. The van der Waals surface area contributed by atoms with Gasteiger partial charge in [-0.05, 0) is 42.5 Å². The lowest BCUT2D eigenvalue weighted by Crippen LogP contribution is -2.40. The topological polar surface area (TPSA) is 84.9 Å². The Balaban J connectivity index is 1.78. The highest BCUT2D eigenvalue weighted by Crippen LogP contribution is 2.25. The number of amides is 1. The van der Waals surface area contributed by atoms with Gasteiger partial charge in [-0.15, -0.1) is 13.2 Å². The minimum absolute atomic E-state index is 0.0652. The van der Waals surface area contributed by atoms with Crippen molar-refractivity contribution < 1.29 is 40.2 Å². The molecule has 2 aromatic rings. The average Bonchev–Trinajstić information content (AvgIpc) is 2.69. The zero-order valence-corrected chi connectivity index (χ0v) is 16.1. The summed E-state index contributed by atoms with van der Waals surface area (Å²) in [6.45, 7) is 0.713. The van der Waals surface area contributed by atoms with Crippen LogP contribution in [0.4, 0.5) is 23.2 Å². The standard InChI is InChI=1S/C18H16F4N2O5S/c19-16-6-5-14(30(26,27)24-7-9-28-10-8-24)11-15(16)17(25)23-12-1-3-13(4-2-12)29-18(20,21)22/h1-6,11H,7-10H2,(H,23,25). The number of carbonyl (C=O) groups is 1. The van der Waals surface area contributed by atoms with Gasteiger partial charge in [-0.1, -0.05) is 0 Å². The van der Waals surface area contributed by atoms with Crippen molar-refractivity contribution in [3.05, 3.63) is 53.8 Å². The van der Waals surface area contributed by atoms with Crippen molar-refractivity contribution in [3.63, 3.8) is 0 Å². The molecule has 0 bridgehead atoms. The zero-order valence-electron chi connectivity index (χ0n) is 15.3. The summed E-state index contributed by atoms with van der Waals surface area (Å²) in [5.41, 5.74) is -0.463. The lowest BCUT2D eigenvalue weighted by Gasteiger charge is -2.26. The van der Waals surface area contributed by atoms with Crippen LogP contribution in [0.5, 0.6) is 5.75 Å². The van der Waals surface area contributed by atoms with Gasteiger partial charge in [0.05, 0.1) is 23.7 Å². The van der Waals surface area contributed by atoms with E-state index in [0.717, 1.165) is 42.5 Å². The fourth-order valence-electron chi connectivity index (χ4n) is 2.71. The van der Waals surface area contributed by atoms with E-state index in [1.54, 1.807) is 0 Å². The minimum atomic E-state index is -4.86. The van der Waals surface area contributed by atoms with E-state index in [0.29, 0.717) is 0 Å². The number of morpholine rings is 1. The smallest absolute Gasteiger partial charge is 0.406 e. The molecule has 1 aliphatic rings. The molecule has 30 heavy (non-hydrogen) atoms. The van der Waals surface area contributed by atoms with Crippen LogP contribution in [0.15, 0.2) is 47.4 Å². The number of carbonyl (C=O) groups excluding carboxylic acids is 1. The molecule has 0 radical (unpaired) electrons. The number of nitrogens with one attached hydrogen (secondary N) is 1. The first-order chi connectivity index (χ1) is 14.1. The predicted molar refractivity (Wildman–Crippen MR) is 97.1 cm³/mol. The van der Waals surface area contributed by atoms with Crippen LogP contribution >= 0.6 is 0 Å². The molecule has 162 valence electrons. The molecule has 0 atom stereocenters. The first-order valence-electron chi connectivity index (χ1n) is 8.61.